The highest BCUT2D eigenvalue weighted by molar-refractivity contribution is 5.44. The first-order valence-electron chi connectivity index (χ1n) is 5.06. The second-order valence-electron chi connectivity index (χ2n) is 3.68. The van der Waals surface area contributed by atoms with Crippen LogP contribution in [0, 0.1) is 0 Å². The van der Waals surface area contributed by atoms with Crippen molar-refractivity contribution < 1.29 is 0 Å². The van der Waals surface area contributed by atoms with E-state index in [1.807, 2.05) is 42.3 Å². The molecule has 0 spiro atoms. The minimum atomic E-state index is 0.279. The fourth-order valence-electron chi connectivity index (χ4n) is 1.53. The third-order valence-electron chi connectivity index (χ3n) is 2.38. The van der Waals surface area contributed by atoms with E-state index in [4.69, 9.17) is 0 Å². The van der Waals surface area contributed by atoms with Crippen molar-refractivity contribution in [3.05, 3.63) is 48.3 Å². The lowest BCUT2D eigenvalue weighted by atomic mass is 10.2. The fourth-order valence-corrected chi connectivity index (χ4v) is 1.53. The number of hydrogen-bond acceptors (Lipinski definition) is 2. The van der Waals surface area contributed by atoms with Gasteiger partial charge < -0.3 is 5.32 Å². The van der Waals surface area contributed by atoms with Crippen molar-refractivity contribution in [1.82, 2.24) is 9.78 Å². The first-order valence-corrected chi connectivity index (χ1v) is 5.06. The van der Waals surface area contributed by atoms with Gasteiger partial charge in [0.15, 0.2) is 0 Å². The largest absolute Gasteiger partial charge is 0.378 e. The van der Waals surface area contributed by atoms with Crippen molar-refractivity contribution >= 4 is 5.69 Å². The van der Waals surface area contributed by atoms with Gasteiger partial charge in [-0.15, -0.1) is 0 Å². The Bertz CT molecular complexity index is 419. The molecule has 78 valence electrons. The van der Waals surface area contributed by atoms with E-state index in [0.717, 1.165) is 5.69 Å². The SMILES string of the molecule is C[C@@H](Nc1ccccc1)c1cnn(C)c1. The van der Waals surface area contributed by atoms with Crippen molar-refractivity contribution in [1.29, 1.82) is 0 Å². The third kappa shape index (κ3) is 2.37. The van der Waals surface area contributed by atoms with Crippen LogP contribution in [0.1, 0.15) is 18.5 Å². The van der Waals surface area contributed by atoms with Gasteiger partial charge in [0.25, 0.3) is 0 Å². The summed E-state index contributed by atoms with van der Waals surface area (Å²) in [5, 5.41) is 7.57. The van der Waals surface area contributed by atoms with Gasteiger partial charge in [-0.1, -0.05) is 18.2 Å². The van der Waals surface area contributed by atoms with Crippen molar-refractivity contribution in [3.8, 4) is 0 Å². The molecular formula is C12H15N3. The van der Waals surface area contributed by atoms with Gasteiger partial charge in [0.1, 0.15) is 0 Å². The zero-order valence-electron chi connectivity index (χ0n) is 9.01. The molecule has 1 aromatic carbocycles. The quantitative estimate of drug-likeness (QED) is 0.827. The summed E-state index contributed by atoms with van der Waals surface area (Å²) in [4.78, 5) is 0. The minimum absolute atomic E-state index is 0.279. The highest BCUT2D eigenvalue weighted by atomic mass is 15.2. The monoisotopic (exact) mass is 201 g/mol. The predicted molar refractivity (Wildman–Crippen MR) is 61.7 cm³/mol. The smallest absolute Gasteiger partial charge is 0.0542 e. The molecular weight excluding hydrogens is 186 g/mol. The molecule has 0 radical (unpaired) electrons. The van der Waals surface area contributed by atoms with Gasteiger partial charge in [-0.25, -0.2) is 0 Å². The summed E-state index contributed by atoms with van der Waals surface area (Å²) in [5.41, 5.74) is 2.33. The zero-order chi connectivity index (χ0) is 10.7. The molecule has 2 aromatic rings. The summed E-state index contributed by atoms with van der Waals surface area (Å²) in [6.45, 7) is 2.13. The molecule has 0 unspecified atom stereocenters. The zero-order valence-corrected chi connectivity index (χ0v) is 9.01. The average Bonchev–Trinajstić information content (AvgIpc) is 2.66. The topological polar surface area (TPSA) is 29.9 Å². The molecule has 0 aliphatic carbocycles. The van der Waals surface area contributed by atoms with Crippen LogP contribution in [0.2, 0.25) is 0 Å². The number of para-hydroxylation sites is 1. The summed E-state index contributed by atoms with van der Waals surface area (Å²) < 4.78 is 1.82. The molecule has 0 saturated heterocycles. The molecule has 1 atom stereocenters. The van der Waals surface area contributed by atoms with Gasteiger partial charge in [-0.2, -0.15) is 5.10 Å². The maximum atomic E-state index is 4.16. The van der Waals surface area contributed by atoms with Crippen LogP contribution in [0.3, 0.4) is 0 Å². The van der Waals surface area contributed by atoms with E-state index in [1.54, 1.807) is 0 Å². The average molecular weight is 201 g/mol. The highest BCUT2D eigenvalue weighted by Crippen LogP contribution is 2.17. The van der Waals surface area contributed by atoms with E-state index in [2.05, 4.69) is 29.5 Å². The summed E-state index contributed by atoms with van der Waals surface area (Å²) in [6, 6.07) is 10.5. The second kappa shape index (κ2) is 4.17. The van der Waals surface area contributed by atoms with Gasteiger partial charge in [-0.05, 0) is 19.1 Å². The molecule has 2 rings (SSSR count). The van der Waals surface area contributed by atoms with E-state index >= 15 is 0 Å². The second-order valence-corrected chi connectivity index (χ2v) is 3.68. The van der Waals surface area contributed by atoms with Crippen LogP contribution in [0.25, 0.3) is 0 Å². The Morgan fingerprint density at radius 2 is 2.00 bits per heavy atom. The fraction of sp³-hybridized carbons (Fsp3) is 0.250. The summed E-state index contributed by atoms with van der Waals surface area (Å²) in [5.74, 6) is 0. The number of aromatic nitrogens is 2. The molecule has 3 heteroatoms. The number of hydrogen-bond donors (Lipinski definition) is 1. The molecule has 0 saturated carbocycles. The number of benzene rings is 1. The van der Waals surface area contributed by atoms with Crippen LogP contribution in [0.5, 0.6) is 0 Å². The first kappa shape index (κ1) is 9.77. The number of rotatable bonds is 3. The number of nitrogens with one attached hydrogen (secondary N) is 1. The van der Waals surface area contributed by atoms with Crippen LogP contribution >= 0.6 is 0 Å². The Morgan fingerprint density at radius 3 is 2.60 bits per heavy atom. The number of aryl methyl sites for hydroxylation is 1. The molecule has 0 fully saturated rings. The standard InChI is InChI=1S/C12H15N3/c1-10(11-8-13-15(2)9-11)14-12-6-4-3-5-7-12/h3-10,14H,1-2H3/t10-/m1/s1. The summed E-state index contributed by atoms with van der Waals surface area (Å²) in [7, 11) is 1.93. The summed E-state index contributed by atoms with van der Waals surface area (Å²) >= 11 is 0. The van der Waals surface area contributed by atoms with E-state index in [-0.39, 0.29) is 6.04 Å². The van der Waals surface area contributed by atoms with Gasteiger partial charge in [0.05, 0.1) is 12.2 Å². The lowest BCUT2D eigenvalue weighted by Gasteiger charge is -2.13. The Labute approximate surface area is 89.7 Å². The molecule has 1 aromatic heterocycles. The van der Waals surface area contributed by atoms with Gasteiger partial charge >= 0.3 is 0 Å². The van der Waals surface area contributed by atoms with Crippen molar-refractivity contribution in [2.75, 3.05) is 5.32 Å². The maximum Gasteiger partial charge on any atom is 0.0542 e. The van der Waals surface area contributed by atoms with E-state index < -0.39 is 0 Å². The van der Waals surface area contributed by atoms with Crippen LogP contribution in [0.15, 0.2) is 42.7 Å². The highest BCUT2D eigenvalue weighted by Gasteiger charge is 2.06. The Balaban J connectivity index is 2.07. The van der Waals surface area contributed by atoms with E-state index in [1.165, 1.54) is 5.56 Å². The molecule has 0 aliphatic rings. The van der Waals surface area contributed by atoms with Gasteiger partial charge in [0.2, 0.25) is 0 Å². The van der Waals surface area contributed by atoms with Crippen LogP contribution < -0.4 is 5.32 Å². The molecule has 1 heterocycles. The molecule has 0 bridgehead atoms. The number of anilines is 1. The molecule has 3 nitrogen and oxygen atoms in total. The van der Waals surface area contributed by atoms with Crippen LogP contribution in [-0.2, 0) is 7.05 Å². The molecule has 0 aliphatic heterocycles. The minimum Gasteiger partial charge on any atom is -0.378 e. The maximum absolute atomic E-state index is 4.16. The van der Waals surface area contributed by atoms with Gasteiger partial charge in [-0.3, -0.25) is 4.68 Å². The Kier molecular flexibility index (Phi) is 2.72. The molecule has 0 amide bonds. The third-order valence-corrected chi connectivity index (χ3v) is 2.38. The van der Waals surface area contributed by atoms with Gasteiger partial charge in [0, 0.05) is 24.5 Å². The molecule has 1 N–H and O–H groups in total. The lowest BCUT2D eigenvalue weighted by Crippen LogP contribution is -2.05. The first-order chi connectivity index (χ1) is 7.25. The molecule has 15 heavy (non-hydrogen) atoms. The normalized spacial score (nSPS) is 12.4. The van der Waals surface area contributed by atoms with Crippen molar-refractivity contribution in [2.45, 2.75) is 13.0 Å². The van der Waals surface area contributed by atoms with Crippen LogP contribution in [-0.4, -0.2) is 9.78 Å². The van der Waals surface area contributed by atoms with E-state index in [9.17, 15) is 0 Å². The Hall–Kier alpha value is -1.77. The summed E-state index contributed by atoms with van der Waals surface area (Å²) in [6.07, 6.45) is 3.92. The lowest BCUT2D eigenvalue weighted by molar-refractivity contribution is 0.765. The van der Waals surface area contributed by atoms with Crippen molar-refractivity contribution in [3.63, 3.8) is 0 Å². The Morgan fingerprint density at radius 1 is 1.27 bits per heavy atom. The van der Waals surface area contributed by atoms with E-state index in [0.29, 0.717) is 0 Å². The predicted octanol–water partition coefficient (Wildman–Crippen LogP) is 2.59. The number of nitrogens with zero attached hydrogens (tertiary/aromatic N) is 2. The van der Waals surface area contributed by atoms with Crippen LogP contribution in [0.4, 0.5) is 5.69 Å². The van der Waals surface area contributed by atoms with Crippen molar-refractivity contribution in [2.24, 2.45) is 7.05 Å².